The van der Waals surface area contributed by atoms with Crippen molar-refractivity contribution >= 4 is 0 Å². The Balaban J connectivity index is 2.64. The van der Waals surface area contributed by atoms with Crippen LogP contribution in [0.3, 0.4) is 0 Å². The highest BCUT2D eigenvalue weighted by Crippen LogP contribution is 2.05. The molecule has 1 rings (SSSR count). The van der Waals surface area contributed by atoms with Crippen molar-refractivity contribution in [1.29, 1.82) is 0 Å². The third-order valence-electron chi connectivity index (χ3n) is 1.90. The molecule has 0 saturated heterocycles. The molecule has 0 fully saturated rings. The van der Waals surface area contributed by atoms with Crippen LogP contribution in [0.25, 0.3) is 0 Å². The molecule has 0 aliphatic rings. The van der Waals surface area contributed by atoms with Crippen molar-refractivity contribution in [1.82, 2.24) is 5.32 Å². The number of hydrogen-bond donors (Lipinski definition) is 1. The predicted molar refractivity (Wildman–Crippen MR) is 51.8 cm³/mol. The van der Waals surface area contributed by atoms with E-state index in [2.05, 4.69) is 11.2 Å². The topological polar surface area (TPSA) is 12.0 Å². The van der Waals surface area contributed by atoms with E-state index in [4.69, 9.17) is 6.42 Å². The van der Waals surface area contributed by atoms with Crippen LogP contribution in [0.2, 0.25) is 0 Å². The minimum atomic E-state index is -0.217. The van der Waals surface area contributed by atoms with Gasteiger partial charge in [0.1, 0.15) is 5.82 Å². The van der Waals surface area contributed by atoms with Gasteiger partial charge in [-0.1, -0.05) is 18.1 Å². The number of rotatable bonds is 3. The lowest BCUT2D eigenvalue weighted by Crippen LogP contribution is -2.25. The van der Waals surface area contributed by atoms with Crippen LogP contribution in [-0.4, -0.2) is 13.1 Å². The number of halogens is 1. The molecule has 0 spiro atoms. The van der Waals surface area contributed by atoms with Crippen molar-refractivity contribution in [2.75, 3.05) is 7.05 Å². The van der Waals surface area contributed by atoms with Gasteiger partial charge in [-0.15, -0.1) is 6.42 Å². The Morgan fingerprint density at radius 3 is 2.54 bits per heavy atom. The van der Waals surface area contributed by atoms with Gasteiger partial charge in [0.15, 0.2) is 0 Å². The predicted octanol–water partition coefficient (Wildman–Crippen LogP) is 1.59. The minimum Gasteiger partial charge on any atom is -0.306 e. The number of benzene rings is 1. The molecule has 0 amide bonds. The Bertz CT molecular complexity index is 297. The van der Waals surface area contributed by atoms with E-state index in [0.717, 1.165) is 12.0 Å². The third kappa shape index (κ3) is 2.89. The van der Waals surface area contributed by atoms with Gasteiger partial charge in [0.2, 0.25) is 0 Å². The summed E-state index contributed by atoms with van der Waals surface area (Å²) in [5.74, 6) is 2.39. The molecule has 0 aliphatic carbocycles. The number of nitrogens with one attached hydrogen (secondary N) is 1. The molecule has 1 aromatic carbocycles. The normalized spacial score (nSPS) is 12.1. The van der Waals surface area contributed by atoms with E-state index < -0.39 is 0 Å². The van der Waals surface area contributed by atoms with Gasteiger partial charge >= 0.3 is 0 Å². The lowest BCUT2D eigenvalue weighted by atomic mass is 10.1. The van der Waals surface area contributed by atoms with Gasteiger partial charge in [0, 0.05) is 0 Å². The zero-order chi connectivity index (χ0) is 9.68. The summed E-state index contributed by atoms with van der Waals surface area (Å²) in [5.41, 5.74) is 1.04. The summed E-state index contributed by atoms with van der Waals surface area (Å²) in [6, 6.07) is 6.40. The van der Waals surface area contributed by atoms with Crippen LogP contribution in [0.15, 0.2) is 24.3 Å². The average Bonchev–Trinajstić information content (AvgIpc) is 2.17. The third-order valence-corrected chi connectivity index (χ3v) is 1.90. The van der Waals surface area contributed by atoms with Gasteiger partial charge < -0.3 is 5.32 Å². The quantitative estimate of drug-likeness (QED) is 0.691. The fourth-order valence-electron chi connectivity index (χ4n) is 1.10. The van der Waals surface area contributed by atoms with Gasteiger partial charge in [-0.05, 0) is 31.2 Å². The maximum Gasteiger partial charge on any atom is 0.123 e. The molecule has 1 aromatic rings. The van der Waals surface area contributed by atoms with Gasteiger partial charge in [-0.2, -0.15) is 0 Å². The Morgan fingerprint density at radius 2 is 2.08 bits per heavy atom. The summed E-state index contributed by atoms with van der Waals surface area (Å²) in [6.45, 7) is 0. The molecule has 0 heterocycles. The molecular formula is C11H12FN. The summed E-state index contributed by atoms with van der Waals surface area (Å²) in [6.07, 6.45) is 6.00. The second-order valence-corrected chi connectivity index (χ2v) is 2.84. The van der Waals surface area contributed by atoms with Crippen LogP contribution >= 0.6 is 0 Å². The Kier molecular flexibility index (Phi) is 3.48. The molecule has 1 unspecified atom stereocenters. The van der Waals surface area contributed by atoms with Crippen molar-refractivity contribution < 1.29 is 4.39 Å². The molecule has 0 saturated carbocycles. The molecule has 68 valence electrons. The number of likely N-dealkylation sites (N-methyl/N-ethyl adjacent to an activating group) is 1. The van der Waals surface area contributed by atoms with Crippen LogP contribution in [0.5, 0.6) is 0 Å². The fourth-order valence-corrected chi connectivity index (χ4v) is 1.10. The summed E-state index contributed by atoms with van der Waals surface area (Å²) >= 11 is 0. The van der Waals surface area contributed by atoms with Crippen LogP contribution < -0.4 is 5.32 Å². The van der Waals surface area contributed by atoms with E-state index in [1.807, 2.05) is 7.05 Å². The number of terminal acetylenes is 1. The monoisotopic (exact) mass is 177 g/mol. The lowest BCUT2D eigenvalue weighted by molar-refractivity contribution is 0.625. The zero-order valence-corrected chi connectivity index (χ0v) is 7.55. The highest BCUT2D eigenvalue weighted by Gasteiger charge is 2.02. The fraction of sp³-hybridized carbons (Fsp3) is 0.273. The van der Waals surface area contributed by atoms with E-state index in [1.165, 1.54) is 12.1 Å². The van der Waals surface area contributed by atoms with Gasteiger partial charge in [0.25, 0.3) is 0 Å². The Morgan fingerprint density at radius 1 is 1.46 bits per heavy atom. The highest BCUT2D eigenvalue weighted by molar-refractivity contribution is 5.19. The average molecular weight is 177 g/mol. The van der Waals surface area contributed by atoms with Crippen LogP contribution in [0, 0.1) is 18.2 Å². The Labute approximate surface area is 78.0 Å². The van der Waals surface area contributed by atoms with Crippen molar-refractivity contribution in [3.8, 4) is 12.3 Å². The second kappa shape index (κ2) is 4.64. The molecular weight excluding hydrogens is 165 g/mol. The summed E-state index contributed by atoms with van der Waals surface area (Å²) < 4.78 is 12.5. The van der Waals surface area contributed by atoms with Crippen molar-refractivity contribution in [2.45, 2.75) is 12.5 Å². The van der Waals surface area contributed by atoms with E-state index in [-0.39, 0.29) is 11.9 Å². The first kappa shape index (κ1) is 9.76. The van der Waals surface area contributed by atoms with Crippen molar-refractivity contribution in [3.05, 3.63) is 35.6 Å². The van der Waals surface area contributed by atoms with E-state index in [0.29, 0.717) is 0 Å². The molecule has 1 atom stereocenters. The van der Waals surface area contributed by atoms with Crippen LogP contribution in [0.4, 0.5) is 4.39 Å². The SMILES string of the molecule is C#CC(Cc1ccc(F)cc1)NC. The largest absolute Gasteiger partial charge is 0.306 e. The molecule has 2 heteroatoms. The van der Waals surface area contributed by atoms with Gasteiger partial charge in [-0.25, -0.2) is 4.39 Å². The second-order valence-electron chi connectivity index (χ2n) is 2.84. The molecule has 13 heavy (non-hydrogen) atoms. The molecule has 0 radical (unpaired) electrons. The first-order chi connectivity index (χ1) is 6.26. The van der Waals surface area contributed by atoms with E-state index in [9.17, 15) is 4.39 Å². The maximum absolute atomic E-state index is 12.5. The van der Waals surface area contributed by atoms with Crippen LogP contribution in [-0.2, 0) is 6.42 Å². The van der Waals surface area contributed by atoms with Crippen LogP contribution in [0.1, 0.15) is 5.56 Å². The number of hydrogen-bond acceptors (Lipinski definition) is 1. The highest BCUT2D eigenvalue weighted by atomic mass is 19.1. The minimum absolute atomic E-state index is 0.0189. The molecule has 1 nitrogen and oxygen atoms in total. The smallest absolute Gasteiger partial charge is 0.123 e. The maximum atomic E-state index is 12.5. The lowest BCUT2D eigenvalue weighted by Gasteiger charge is -2.08. The zero-order valence-electron chi connectivity index (χ0n) is 7.55. The molecule has 0 bridgehead atoms. The first-order valence-electron chi connectivity index (χ1n) is 4.14. The van der Waals surface area contributed by atoms with E-state index in [1.54, 1.807) is 12.1 Å². The van der Waals surface area contributed by atoms with E-state index >= 15 is 0 Å². The summed E-state index contributed by atoms with van der Waals surface area (Å²) in [4.78, 5) is 0. The standard InChI is InChI=1S/C11H12FN/c1-3-11(13-2)8-9-4-6-10(12)7-5-9/h1,4-7,11,13H,8H2,2H3. The molecule has 0 aliphatic heterocycles. The Hall–Kier alpha value is -1.33. The summed E-state index contributed by atoms with van der Waals surface area (Å²) in [5, 5.41) is 2.98. The van der Waals surface area contributed by atoms with Gasteiger partial charge in [0.05, 0.1) is 6.04 Å². The molecule has 1 N–H and O–H groups in total. The van der Waals surface area contributed by atoms with Crippen molar-refractivity contribution in [2.24, 2.45) is 0 Å². The molecule has 0 aromatic heterocycles. The van der Waals surface area contributed by atoms with Gasteiger partial charge in [-0.3, -0.25) is 0 Å². The summed E-state index contributed by atoms with van der Waals surface area (Å²) in [7, 11) is 1.81. The first-order valence-corrected chi connectivity index (χ1v) is 4.14. The van der Waals surface area contributed by atoms with Crippen molar-refractivity contribution in [3.63, 3.8) is 0 Å².